The number of ether oxygens (including phenoxy) is 1. The molecule has 2 nitrogen and oxygen atoms in total. The molecule has 0 aromatic heterocycles. The zero-order valence-electron chi connectivity index (χ0n) is 9.46. The lowest BCUT2D eigenvalue weighted by Crippen LogP contribution is -2.48. The molecule has 88 valence electrons. The van der Waals surface area contributed by atoms with Crippen molar-refractivity contribution < 1.29 is 4.74 Å². The SMILES string of the molecule is BrCC1CN(C2CCCCCC2)CCO1. The van der Waals surface area contributed by atoms with Gasteiger partial charge in [-0.25, -0.2) is 0 Å². The van der Waals surface area contributed by atoms with Crippen molar-refractivity contribution in [1.82, 2.24) is 4.90 Å². The highest BCUT2D eigenvalue weighted by Gasteiger charge is 2.26. The lowest BCUT2D eigenvalue weighted by molar-refractivity contribution is -0.0333. The summed E-state index contributed by atoms with van der Waals surface area (Å²) in [5.74, 6) is 0. The van der Waals surface area contributed by atoms with E-state index in [0.717, 1.165) is 31.1 Å². The van der Waals surface area contributed by atoms with Gasteiger partial charge in [-0.15, -0.1) is 0 Å². The third-order valence-corrected chi connectivity index (χ3v) is 4.41. The number of morpholine rings is 1. The fourth-order valence-corrected chi connectivity index (χ4v) is 3.18. The summed E-state index contributed by atoms with van der Waals surface area (Å²) < 4.78 is 5.69. The summed E-state index contributed by atoms with van der Waals surface area (Å²) in [6.07, 6.45) is 9.00. The van der Waals surface area contributed by atoms with Gasteiger partial charge in [0.25, 0.3) is 0 Å². The minimum absolute atomic E-state index is 0.419. The van der Waals surface area contributed by atoms with Crippen molar-refractivity contribution in [2.45, 2.75) is 50.7 Å². The van der Waals surface area contributed by atoms with Gasteiger partial charge in [-0.3, -0.25) is 4.90 Å². The summed E-state index contributed by atoms with van der Waals surface area (Å²) in [6.45, 7) is 3.21. The first kappa shape index (κ1) is 11.9. The Labute approximate surface area is 101 Å². The molecule has 2 fully saturated rings. The molecule has 0 spiro atoms. The van der Waals surface area contributed by atoms with Gasteiger partial charge >= 0.3 is 0 Å². The topological polar surface area (TPSA) is 12.5 Å². The van der Waals surface area contributed by atoms with Crippen LogP contribution in [0.2, 0.25) is 0 Å². The van der Waals surface area contributed by atoms with E-state index in [9.17, 15) is 0 Å². The van der Waals surface area contributed by atoms with Crippen LogP contribution in [0.1, 0.15) is 38.5 Å². The molecule has 15 heavy (non-hydrogen) atoms. The Balaban J connectivity index is 1.84. The van der Waals surface area contributed by atoms with Gasteiger partial charge < -0.3 is 4.74 Å². The normalized spacial score (nSPS) is 31.4. The van der Waals surface area contributed by atoms with Crippen molar-refractivity contribution in [1.29, 1.82) is 0 Å². The number of hydrogen-bond donors (Lipinski definition) is 0. The Bertz CT molecular complexity index is 180. The largest absolute Gasteiger partial charge is 0.375 e. The van der Waals surface area contributed by atoms with Gasteiger partial charge in [-0.2, -0.15) is 0 Å². The fourth-order valence-electron chi connectivity index (χ4n) is 2.79. The van der Waals surface area contributed by atoms with Gasteiger partial charge in [0.15, 0.2) is 0 Å². The summed E-state index contributed by atoms with van der Waals surface area (Å²) >= 11 is 3.53. The molecule has 1 saturated carbocycles. The lowest BCUT2D eigenvalue weighted by atomic mass is 10.1. The van der Waals surface area contributed by atoms with Gasteiger partial charge in [0.2, 0.25) is 0 Å². The lowest BCUT2D eigenvalue weighted by Gasteiger charge is -2.37. The molecule has 1 atom stereocenters. The van der Waals surface area contributed by atoms with Gasteiger partial charge in [-0.05, 0) is 12.8 Å². The van der Waals surface area contributed by atoms with E-state index in [1.54, 1.807) is 0 Å². The van der Waals surface area contributed by atoms with E-state index in [1.165, 1.54) is 38.5 Å². The molecule has 1 aliphatic carbocycles. The Hall–Kier alpha value is 0.400. The van der Waals surface area contributed by atoms with E-state index < -0.39 is 0 Å². The summed E-state index contributed by atoms with van der Waals surface area (Å²) in [7, 11) is 0. The molecule has 0 aromatic rings. The second kappa shape index (κ2) is 6.21. The average Bonchev–Trinajstić information content (AvgIpc) is 2.58. The maximum Gasteiger partial charge on any atom is 0.0799 e. The van der Waals surface area contributed by atoms with Crippen LogP contribution < -0.4 is 0 Å². The van der Waals surface area contributed by atoms with Crippen LogP contribution in [-0.2, 0) is 4.74 Å². The van der Waals surface area contributed by atoms with Crippen LogP contribution >= 0.6 is 15.9 Å². The molecule has 0 radical (unpaired) electrons. The minimum atomic E-state index is 0.419. The van der Waals surface area contributed by atoms with Crippen LogP contribution in [0, 0.1) is 0 Å². The zero-order valence-corrected chi connectivity index (χ0v) is 11.0. The molecule has 1 heterocycles. The second-order valence-corrected chi connectivity index (χ2v) is 5.43. The second-order valence-electron chi connectivity index (χ2n) is 4.79. The highest BCUT2D eigenvalue weighted by molar-refractivity contribution is 9.09. The Morgan fingerprint density at radius 3 is 2.53 bits per heavy atom. The summed E-state index contributed by atoms with van der Waals surface area (Å²) in [5.41, 5.74) is 0. The summed E-state index contributed by atoms with van der Waals surface area (Å²) in [4.78, 5) is 2.67. The smallest absolute Gasteiger partial charge is 0.0799 e. The molecule has 2 aliphatic rings. The molecule has 0 aromatic carbocycles. The highest BCUT2D eigenvalue weighted by Crippen LogP contribution is 2.23. The summed E-state index contributed by atoms with van der Waals surface area (Å²) in [5, 5.41) is 0.982. The van der Waals surface area contributed by atoms with Crippen LogP contribution in [0.15, 0.2) is 0 Å². The van der Waals surface area contributed by atoms with Crippen molar-refractivity contribution in [2.24, 2.45) is 0 Å². The van der Waals surface area contributed by atoms with Crippen molar-refractivity contribution >= 4 is 15.9 Å². The third kappa shape index (κ3) is 3.43. The van der Waals surface area contributed by atoms with E-state index in [4.69, 9.17) is 4.74 Å². The van der Waals surface area contributed by atoms with Crippen LogP contribution in [0.4, 0.5) is 0 Å². The first-order valence-electron chi connectivity index (χ1n) is 6.32. The molecule has 1 unspecified atom stereocenters. The summed E-state index contributed by atoms with van der Waals surface area (Å²) in [6, 6.07) is 0.845. The minimum Gasteiger partial charge on any atom is -0.375 e. The van der Waals surface area contributed by atoms with Crippen molar-refractivity contribution in [3.63, 3.8) is 0 Å². The fraction of sp³-hybridized carbons (Fsp3) is 1.00. The molecule has 0 N–H and O–H groups in total. The van der Waals surface area contributed by atoms with Crippen LogP contribution in [0.5, 0.6) is 0 Å². The molecular weight excluding hydrogens is 254 g/mol. The molecule has 1 saturated heterocycles. The van der Waals surface area contributed by atoms with E-state index in [2.05, 4.69) is 20.8 Å². The number of alkyl halides is 1. The molecule has 0 bridgehead atoms. The molecule has 1 aliphatic heterocycles. The number of halogens is 1. The van der Waals surface area contributed by atoms with Crippen molar-refractivity contribution in [3.05, 3.63) is 0 Å². The number of rotatable bonds is 2. The van der Waals surface area contributed by atoms with Crippen LogP contribution in [-0.4, -0.2) is 42.1 Å². The van der Waals surface area contributed by atoms with Gasteiger partial charge in [0.1, 0.15) is 0 Å². The maximum absolute atomic E-state index is 5.69. The van der Waals surface area contributed by atoms with E-state index in [0.29, 0.717) is 6.10 Å². The predicted octanol–water partition coefficient (Wildman–Crippen LogP) is 2.80. The standard InChI is InChI=1S/C12H22BrNO/c13-9-12-10-14(7-8-15-12)11-5-3-1-2-4-6-11/h11-12H,1-10H2. The third-order valence-electron chi connectivity index (χ3n) is 3.68. The van der Waals surface area contributed by atoms with Crippen molar-refractivity contribution in [3.8, 4) is 0 Å². The Kier molecular flexibility index (Phi) is 4.92. The van der Waals surface area contributed by atoms with E-state index in [-0.39, 0.29) is 0 Å². The van der Waals surface area contributed by atoms with Crippen LogP contribution in [0.3, 0.4) is 0 Å². The number of hydrogen-bond acceptors (Lipinski definition) is 2. The van der Waals surface area contributed by atoms with E-state index in [1.807, 2.05) is 0 Å². The molecular formula is C12H22BrNO. The van der Waals surface area contributed by atoms with Crippen molar-refractivity contribution in [2.75, 3.05) is 25.0 Å². The monoisotopic (exact) mass is 275 g/mol. The first-order chi connectivity index (χ1) is 7.40. The Morgan fingerprint density at radius 1 is 1.13 bits per heavy atom. The first-order valence-corrected chi connectivity index (χ1v) is 7.44. The van der Waals surface area contributed by atoms with Crippen LogP contribution in [0.25, 0.3) is 0 Å². The van der Waals surface area contributed by atoms with Gasteiger partial charge in [0.05, 0.1) is 12.7 Å². The zero-order chi connectivity index (χ0) is 10.5. The predicted molar refractivity (Wildman–Crippen MR) is 66.6 cm³/mol. The highest BCUT2D eigenvalue weighted by atomic mass is 79.9. The number of nitrogens with zero attached hydrogens (tertiary/aromatic N) is 1. The molecule has 3 heteroatoms. The Morgan fingerprint density at radius 2 is 1.87 bits per heavy atom. The van der Waals surface area contributed by atoms with Gasteiger partial charge in [-0.1, -0.05) is 41.6 Å². The molecule has 0 amide bonds. The maximum atomic E-state index is 5.69. The average molecular weight is 276 g/mol. The van der Waals surface area contributed by atoms with E-state index >= 15 is 0 Å². The van der Waals surface area contributed by atoms with Gasteiger partial charge in [0, 0.05) is 24.5 Å². The molecule has 2 rings (SSSR count). The quantitative estimate of drug-likeness (QED) is 0.568.